The number of hydrogen-bond acceptors (Lipinski definition) is 2. The van der Waals surface area contributed by atoms with Crippen molar-refractivity contribution in [1.82, 2.24) is 5.32 Å². The van der Waals surface area contributed by atoms with Crippen LogP contribution in [-0.2, 0) is 0 Å². The molecule has 0 radical (unpaired) electrons. The van der Waals surface area contributed by atoms with E-state index in [1.54, 1.807) is 0 Å². The molecule has 18 heavy (non-hydrogen) atoms. The molecule has 5 heteroatoms. The third-order valence-corrected chi connectivity index (χ3v) is 7.15. The summed E-state index contributed by atoms with van der Waals surface area (Å²) in [6.07, 6.45) is 3.60. The zero-order chi connectivity index (χ0) is 13.3. The van der Waals surface area contributed by atoms with Crippen LogP contribution < -0.4 is 5.32 Å². The Morgan fingerprint density at radius 2 is 2.11 bits per heavy atom. The number of nitrogens with one attached hydrogen (secondary N) is 1. The summed E-state index contributed by atoms with van der Waals surface area (Å²) in [7, 11) is 0. The van der Waals surface area contributed by atoms with Crippen LogP contribution in [0, 0.1) is 11.8 Å². The topological polar surface area (TPSA) is 29.1 Å². The molecule has 0 saturated heterocycles. The number of halogens is 2. The van der Waals surface area contributed by atoms with Gasteiger partial charge < -0.3 is 5.32 Å². The first-order valence-corrected chi connectivity index (χ1v) is 8.65. The Morgan fingerprint density at radius 1 is 1.39 bits per heavy atom. The van der Waals surface area contributed by atoms with Crippen LogP contribution in [-0.4, -0.2) is 11.9 Å². The van der Waals surface area contributed by atoms with Gasteiger partial charge in [-0.25, -0.2) is 0 Å². The number of hydrogen-bond donors (Lipinski definition) is 1. The summed E-state index contributed by atoms with van der Waals surface area (Å²) in [6.45, 7) is 4.52. The maximum absolute atomic E-state index is 12.2. The van der Waals surface area contributed by atoms with Gasteiger partial charge in [0.2, 0.25) is 0 Å². The van der Waals surface area contributed by atoms with Gasteiger partial charge in [0.05, 0.1) is 8.66 Å². The van der Waals surface area contributed by atoms with Crippen molar-refractivity contribution >= 4 is 49.1 Å². The normalized spacial score (nSPS) is 28.1. The molecule has 1 amide bonds. The fraction of sp³-hybridized carbons (Fsp3) is 0.615. The lowest BCUT2D eigenvalue weighted by molar-refractivity contribution is 0.0895. The van der Waals surface area contributed by atoms with E-state index in [-0.39, 0.29) is 5.91 Å². The van der Waals surface area contributed by atoms with Gasteiger partial charge in [-0.05, 0) is 56.2 Å². The lowest BCUT2D eigenvalue weighted by atomic mass is 9.78. The average molecular weight is 395 g/mol. The molecule has 0 aliphatic heterocycles. The van der Waals surface area contributed by atoms with Gasteiger partial charge in [-0.2, -0.15) is 0 Å². The third kappa shape index (κ3) is 3.17. The molecule has 3 atom stereocenters. The van der Waals surface area contributed by atoms with Crippen molar-refractivity contribution in [3.05, 3.63) is 19.2 Å². The van der Waals surface area contributed by atoms with E-state index in [2.05, 4.69) is 51.0 Å². The summed E-state index contributed by atoms with van der Waals surface area (Å²) in [6, 6.07) is 2.20. The van der Waals surface area contributed by atoms with Crippen LogP contribution in [0.1, 0.15) is 42.8 Å². The number of carbonyl (C=O) groups is 1. The van der Waals surface area contributed by atoms with Crippen LogP contribution in [0.2, 0.25) is 0 Å². The Bertz CT molecular complexity index is 427. The van der Waals surface area contributed by atoms with E-state index in [1.807, 2.05) is 6.07 Å². The van der Waals surface area contributed by atoms with Gasteiger partial charge in [-0.3, -0.25) is 4.79 Å². The number of thiophene rings is 1. The van der Waals surface area contributed by atoms with E-state index in [0.717, 1.165) is 19.6 Å². The smallest absolute Gasteiger partial charge is 0.261 e. The number of amides is 1. The number of rotatable bonds is 2. The van der Waals surface area contributed by atoms with E-state index in [4.69, 9.17) is 0 Å². The van der Waals surface area contributed by atoms with E-state index >= 15 is 0 Å². The molecule has 0 spiro atoms. The Morgan fingerprint density at radius 3 is 2.72 bits per heavy atom. The summed E-state index contributed by atoms with van der Waals surface area (Å²) in [5.41, 5.74) is 0. The van der Waals surface area contributed by atoms with E-state index in [9.17, 15) is 4.79 Å². The minimum Gasteiger partial charge on any atom is -0.348 e. The zero-order valence-electron chi connectivity index (χ0n) is 10.5. The Balaban J connectivity index is 2.02. The molecule has 0 bridgehead atoms. The van der Waals surface area contributed by atoms with Crippen LogP contribution in [0.3, 0.4) is 0 Å². The average Bonchev–Trinajstić information content (AvgIpc) is 2.66. The molecule has 2 nitrogen and oxygen atoms in total. The fourth-order valence-electron chi connectivity index (χ4n) is 2.48. The van der Waals surface area contributed by atoms with Gasteiger partial charge in [0, 0.05) is 10.5 Å². The van der Waals surface area contributed by atoms with Gasteiger partial charge in [0.1, 0.15) is 0 Å². The van der Waals surface area contributed by atoms with Gasteiger partial charge in [0.15, 0.2) is 0 Å². The van der Waals surface area contributed by atoms with Gasteiger partial charge in [-0.15, -0.1) is 11.3 Å². The minimum atomic E-state index is 0.0531. The van der Waals surface area contributed by atoms with Crippen LogP contribution >= 0.6 is 43.2 Å². The molecule has 1 N–H and O–H groups in total. The summed E-state index contributed by atoms with van der Waals surface area (Å²) < 4.78 is 1.92. The lowest BCUT2D eigenvalue weighted by Gasteiger charge is -2.34. The molecular weight excluding hydrogens is 378 g/mol. The van der Waals surface area contributed by atoms with E-state index in [1.165, 1.54) is 24.2 Å². The van der Waals surface area contributed by atoms with Crippen molar-refractivity contribution < 1.29 is 4.79 Å². The molecule has 3 unspecified atom stereocenters. The Kier molecular flexibility index (Phi) is 4.89. The molecule has 1 aliphatic rings. The molecule has 1 aromatic rings. The quantitative estimate of drug-likeness (QED) is 0.764. The van der Waals surface area contributed by atoms with Gasteiger partial charge >= 0.3 is 0 Å². The molecular formula is C13H17Br2NOS. The monoisotopic (exact) mass is 393 g/mol. The Labute approximate surface area is 129 Å². The van der Waals surface area contributed by atoms with Crippen molar-refractivity contribution in [3.63, 3.8) is 0 Å². The first-order chi connectivity index (χ1) is 8.49. The van der Waals surface area contributed by atoms with Crippen molar-refractivity contribution in [1.29, 1.82) is 0 Å². The molecule has 1 fully saturated rings. The predicted octanol–water partition coefficient (Wildman–Crippen LogP) is 4.83. The highest BCUT2D eigenvalue weighted by atomic mass is 79.9. The molecule has 1 aromatic heterocycles. The van der Waals surface area contributed by atoms with Crippen LogP contribution in [0.5, 0.6) is 0 Å². The first kappa shape index (κ1) is 14.5. The van der Waals surface area contributed by atoms with Crippen LogP contribution in [0.25, 0.3) is 0 Å². The third-order valence-electron chi connectivity index (χ3n) is 3.89. The van der Waals surface area contributed by atoms with Crippen molar-refractivity contribution in [2.24, 2.45) is 11.8 Å². The summed E-state index contributed by atoms with van der Waals surface area (Å²) in [5.74, 6) is 1.32. The first-order valence-electron chi connectivity index (χ1n) is 6.24. The van der Waals surface area contributed by atoms with Crippen molar-refractivity contribution in [2.75, 3.05) is 0 Å². The maximum atomic E-state index is 12.2. The molecule has 0 aromatic carbocycles. The zero-order valence-corrected chi connectivity index (χ0v) is 14.5. The molecule has 1 heterocycles. The Hall–Kier alpha value is 0.130. The highest BCUT2D eigenvalue weighted by Crippen LogP contribution is 2.33. The summed E-state index contributed by atoms with van der Waals surface area (Å²) in [5, 5.41) is 3.19. The second-order valence-corrected chi connectivity index (χ2v) is 8.30. The molecule has 1 aliphatic carbocycles. The van der Waals surface area contributed by atoms with Crippen molar-refractivity contribution in [2.45, 2.75) is 39.2 Å². The van der Waals surface area contributed by atoms with Gasteiger partial charge in [0.25, 0.3) is 5.91 Å². The van der Waals surface area contributed by atoms with E-state index < -0.39 is 0 Å². The van der Waals surface area contributed by atoms with Gasteiger partial charge in [-0.1, -0.05) is 26.7 Å². The van der Waals surface area contributed by atoms with Crippen LogP contribution in [0.15, 0.2) is 14.3 Å². The van der Waals surface area contributed by atoms with Crippen molar-refractivity contribution in [3.8, 4) is 0 Å². The standard InChI is InChI=1S/C13H17Br2NOS/c1-7-4-3-5-10(8(7)2)16-13(17)11-6-9(14)12(15)18-11/h6-8,10H,3-5H2,1-2H3,(H,16,17). The van der Waals surface area contributed by atoms with Crippen LogP contribution in [0.4, 0.5) is 0 Å². The molecule has 1 saturated carbocycles. The lowest BCUT2D eigenvalue weighted by Crippen LogP contribution is -2.43. The highest BCUT2D eigenvalue weighted by molar-refractivity contribution is 9.13. The highest BCUT2D eigenvalue weighted by Gasteiger charge is 2.28. The number of carbonyl (C=O) groups excluding carboxylic acids is 1. The van der Waals surface area contributed by atoms with E-state index in [0.29, 0.717) is 17.9 Å². The second-order valence-electron chi connectivity index (χ2n) is 5.08. The second kappa shape index (κ2) is 6.06. The fourth-order valence-corrected chi connectivity index (χ4v) is 4.42. The predicted molar refractivity (Wildman–Crippen MR) is 83.2 cm³/mol. The maximum Gasteiger partial charge on any atom is 0.261 e. The molecule has 100 valence electrons. The molecule has 2 rings (SSSR count). The minimum absolute atomic E-state index is 0.0531. The largest absolute Gasteiger partial charge is 0.348 e. The summed E-state index contributed by atoms with van der Waals surface area (Å²) >= 11 is 8.31. The summed E-state index contributed by atoms with van der Waals surface area (Å²) in [4.78, 5) is 13.0. The SMILES string of the molecule is CC1CCCC(NC(=O)c2cc(Br)c(Br)s2)C1C.